The van der Waals surface area contributed by atoms with Crippen LogP contribution in [0, 0.1) is 0 Å². The average Bonchev–Trinajstić information content (AvgIpc) is 2.57. The minimum Gasteiger partial charge on any atom is -0.478 e. The lowest BCUT2D eigenvalue weighted by atomic mass is 10.2. The first-order valence-electron chi connectivity index (χ1n) is 7.12. The summed E-state index contributed by atoms with van der Waals surface area (Å²) in [5.41, 5.74) is 2.64. The topological polar surface area (TPSA) is 80.2 Å². The highest BCUT2D eigenvalue weighted by atomic mass is 35.5. The van der Waals surface area contributed by atoms with Gasteiger partial charge in [-0.3, -0.25) is 5.43 Å². The number of alkyl halides is 4. The summed E-state index contributed by atoms with van der Waals surface area (Å²) in [6.45, 7) is -6.32. The van der Waals surface area contributed by atoms with E-state index in [0.717, 1.165) is 18.3 Å². The first-order valence-corrected chi connectivity index (χ1v) is 7.49. The van der Waals surface area contributed by atoms with Gasteiger partial charge in [0.1, 0.15) is 11.5 Å². The molecule has 0 atom stereocenters. The fourth-order valence-corrected chi connectivity index (χ4v) is 2.13. The Hall–Kier alpha value is -3.01. The highest BCUT2D eigenvalue weighted by molar-refractivity contribution is 6.33. The Balaban J connectivity index is 2.20. The largest absolute Gasteiger partial charge is 0.478 e. The third-order valence-electron chi connectivity index (χ3n) is 3.02. The van der Waals surface area contributed by atoms with Crippen molar-refractivity contribution in [3.8, 4) is 11.5 Å². The molecule has 2 N–H and O–H groups in total. The van der Waals surface area contributed by atoms with E-state index >= 15 is 0 Å². The molecule has 11 heteroatoms. The zero-order valence-electron chi connectivity index (χ0n) is 13.2. The van der Waals surface area contributed by atoms with Gasteiger partial charge in [-0.05, 0) is 30.3 Å². The maximum Gasteiger partial charge on any atom is 0.387 e. The van der Waals surface area contributed by atoms with Gasteiger partial charge in [-0.1, -0.05) is 11.6 Å². The number of carbonyl (C=O) groups is 1. The molecule has 0 aliphatic carbocycles. The zero-order chi connectivity index (χ0) is 20.0. The molecule has 0 heterocycles. The Morgan fingerprint density at radius 2 is 1.81 bits per heavy atom. The number of ether oxygens (including phenoxy) is 2. The summed E-state index contributed by atoms with van der Waals surface area (Å²) in [6, 6.07) is 7.18. The standard InChI is InChI=1S/C16H11ClF4N2O4/c17-12-4-2-9(5-11(12)14(24)25)23-22-7-8-1-3-10(26-15(18)19)6-13(8)27-16(20)21/h1-7,15-16,23H,(H,24,25). The number of benzene rings is 2. The molecule has 0 amide bonds. The molecule has 0 aliphatic heterocycles. The van der Waals surface area contributed by atoms with Crippen LogP contribution in [-0.2, 0) is 0 Å². The van der Waals surface area contributed by atoms with Crippen molar-refractivity contribution in [3.63, 3.8) is 0 Å². The predicted molar refractivity (Wildman–Crippen MR) is 89.3 cm³/mol. The van der Waals surface area contributed by atoms with Crippen molar-refractivity contribution in [2.75, 3.05) is 5.43 Å². The third-order valence-corrected chi connectivity index (χ3v) is 3.35. The van der Waals surface area contributed by atoms with Crippen LogP contribution in [0.15, 0.2) is 41.5 Å². The monoisotopic (exact) mass is 406 g/mol. The Morgan fingerprint density at radius 1 is 1.11 bits per heavy atom. The molecule has 27 heavy (non-hydrogen) atoms. The number of aromatic carboxylic acids is 1. The summed E-state index contributed by atoms with van der Waals surface area (Å²) >= 11 is 5.74. The highest BCUT2D eigenvalue weighted by Crippen LogP contribution is 2.27. The molecule has 0 aromatic heterocycles. The van der Waals surface area contributed by atoms with Crippen LogP contribution < -0.4 is 14.9 Å². The number of carboxylic acid groups (broad SMARTS) is 1. The van der Waals surface area contributed by atoms with Crippen LogP contribution in [-0.4, -0.2) is 30.5 Å². The van der Waals surface area contributed by atoms with Crippen molar-refractivity contribution in [1.82, 2.24) is 0 Å². The number of carboxylic acids is 1. The SMILES string of the molecule is O=C(O)c1cc(NN=Cc2ccc(OC(F)F)cc2OC(F)F)ccc1Cl. The quantitative estimate of drug-likeness (QED) is 0.378. The maximum absolute atomic E-state index is 12.5. The minimum atomic E-state index is -3.19. The van der Waals surface area contributed by atoms with Crippen molar-refractivity contribution < 1.29 is 36.9 Å². The number of hydrogen-bond donors (Lipinski definition) is 2. The molecule has 144 valence electrons. The minimum absolute atomic E-state index is 0.0271. The molecule has 6 nitrogen and oxygen atoms in total. The van der Waals surface area contributed by atoms with Crippen LogP contribution in [0.4, 0.5) is 23.2 Å². The normalized spacial score (nSPS) is 11.2. The first-order chi connectivity index (χ1) is 12.8. The number of anilines is 1. The second kappa shape index (κ2) is 9.08. The second-order valence-corrected chi connectivity index (χ2v) is 5.23. The molecule has 0 aliphatic rings. The van der Waals surface area contributed by atoms with E-state index in [0.29, 0.717) is 0 Å². The Bertz CT molecular complexity index is 849. The first kappa shape index (κ1) is 20.3. The predicted octanol–water partition coefficient (Wildman–Crippen LogP) is 4.69. The van der Waals surface area contributed by atoms with Crippen molar-refractivity contribution in [2.24, 2.45) is 5.10 Å². The van der Waals surface area contributed by atoms with Gasteiger partial charge in [-0.2, -0.15) is 22.7 Å². The van der Waals surface area contributed by atoms with Crippen LogP contribution in [0.5, 0.6) is 11.5 Å². The molecular formula is C16H11ClF4N2O4. The van der Waals surface area contributed by atoms with Crippen LogP contribution in [0.25, 0.3) is 0 Å². The van der Waals surface area contributed by atoms with Crippen LogP contribution in [0.2, 0.25) is 5.02 Å². The van der Waals surface area contributed by atoms with Gasteiger partial charge in [0.2, 0.25) is 0 Å². The number of nitrogens with zero attached hydrogens (tertiary/aromatic N) is 1. The van der Waals surface area contributed by atoms with Crippen LogP contribution in [0.1, 0.15) is 15.9 Å². The molecule has 0 radical (unpaired) electrons. The van der Waals surface area contributed by atoms with Gasteiger partial charge in [-0.25, -0.2) is 4.79 Å². The number of rotatable bonds is 8. The van der Waals surface area contributed by atoms with E-state index in [9.17, 15) is 22.4 Å². The molecule has 0 fully saturated rings. The number of hydrazone groups is 1. The van der Waals surface area contributed by atoms with Gasteiger partial charge < -0.3 is 14.6 Å². The second-order valence-electron chi connectivity index (χ2n) is 4.83. The Morgan fingerprint density at radius 3 is 2.44 bits per heavy atom. The molecule has 2 rings (SSSR count). The summed E-state index contributed by atoms with van der Waals surface area (Å²) in [7, 11) is 0. The lowest BCUT2D eigenvalue weighted by Gasteiger charge is -2.11. The fourth-order valence-electron chi connectivity index (χ4n) is 1.93. The van der Waals surface area contributed by atoms with Gasteiger partial charge in [0.25, 0.3) is 0 Å². The van der Waals surface area contributed by atoms with Crippen LogP contribution >= 0.6 is 11.6 Å². The van der Waals surface area contributed by atoms with Gasteiger partial charge in [0.05, 0.1) is 22.5 Å². The number of halogens is 5. The number of nitrogens with one attached hydrogen (secondary N) is 1. The summed E-state index contributed by atoms with van der Waals surface area (Å²) in [5.74, 6) is -2.04. The van der Waals surface area contributed by atoms with Crippen molar-refractivity contribution >= 4 is 29.5 Å². The van der Waals surface area contributed by atoms with E-state index in [2.05, 4.69) is 20.0 Å². The molecule has 0 spiro atoms. The molecule has 2 aromatic rings. The van der Waals surface area contributed by atoms with Gasteiger partial charge in [0.15, 0.2) is 0 Å². The molecule has 0 bridgehead atoms. The molecular weight excluding hydrogens is 396 g/mol. The highest BCUT2D eigenvalue weighted by Gasteiger charge is 2.13. The van der Waals surface area contributed by atoms with E-state index in [-0.39, 0.29) is 27.6 Å². The summed E-state index contributed by atoms with van der Waals surface area (Å²) < 4.78 is 57.8. The number of hydrogen-bond acceptors (Lipinski definition) is 5. The average molecular weight is 407 g/mol. The Labute approximate surface area is 155 Å². The van der Waals surface area contributed by atoms with Crippen molar-refractivity contribution in [2.45, 2.75) is 13.2 Å². The van der Waals surface area contributed by atoms with Crippen molar-refractivity contribution in [1.29, 1.82) is 0 Å². The zero-order valence-corrected chi connectivity index (χ0v) is 14.0. The van der Waals surface area contributed by atoms with E-state index < -0.39 is 24.9 Å². The lowest BCUT2D eigenvalue weighted by Crippen LogP contribution is -2.07. The van der Waals surface area contributed by atoms with E-state index in [1.165, 1.54) is 24.3 Å². The summed E-state index contributed by atoms with van der Waals surface area (Å²) in [6.07, 6.45) is 1.08. The van der Waals surface area contributed by atoms with Crippen molar-refractivity contribution in [3.05, 3.63) is 52.5 Å². The molecule has 0 unspecified atom stereocenters. The Kier molecular flexibility index (Phi) is 6.83. The van der Waals surface area contributed by atoms with Gasteiger partial charge in [0, 0.05) is 11.6 Å². The maximum atomic E-state index is 12.5. The lowest BCUT2D eigenvalue weighted by molar-refractivity contribution is -0.0543. The van der Waals surface area contributed by atoms with E-state index in [1.54, 1.807) is 0 Å². The molecule has 0 saturated carbocycles. The smallest absolute Gasteiger partial charge is 0.387 e. The van der Waals surface area contributed by atoms with E-state index in [4.69, 9.17) is 16.7 Å². The van der Waals surface area contributed by atoms with Gasteiger partial charge >= 0.3 is 19.2 Å². The molecule has 0 saturated heterocycles. The van der Waals surface area contributed by atoms with E-state index in [1.807, 2.05) is 0 Å². The fraction of sp³-hybridized carbons (Fsp3) is 0.125. The summed E-state index contributed by atoms with van der Waals surface area (Å²) in [5, 5.41) is 12.8. The third kappa shape index (κ3) is 6.03. The van der Waals surface area contributed by atoms with Crippen LogP contribution in [0.3, 0.4) is 0 Å². The summed E-state index contributed by atoms with van der Waals surface area (Å²) in [4.78, 5) is 11.0. The van der Waals surface area contributed by atoms with Gasteiger partial charge in [-0.15, -0.1) is 0 Å². The molecule has 2 aromatic carbocycles.